The van der Waals surface area contributed by atoms with Gasteiger partial charge in [-0.05, 0) is 80.1 Å². The molecule has 4 aliphatic carbocycles. The average Bonchev–Trinajstić information content (AvgIpc) is 2.60. The van der Waals surface area contributed by atoms with Gasteiger partial charge in [-0.1, -0.05) is 0 Å². The summed E-state index contributed by atoms with van der Waals surface area (Å²) < 4.78 is 0. The van der Waals surface area contributed by atoms with E-state index in [4.69, 9.17) is 0 Å². The van der Waals surface area contributed by atoms with Crippen molar-refractivity contribution in [3.63, 3.8) is 0 Å². The molecular weight excluding hydrogens is 302 g/mol. The van der Waals surface area contributed by atoms with Gasteiger partial charge in [-0.15, -0.1) is 0 Å². The molecule has 2 heterocycles. The van der Waals surface area contributed by atoms with Crippen LogP contribution in [-0.2, 0) is 0 Å². The maximum absolute atomic E-state index is 12.6. The Morgan fingerprint density at radius 3 is 2.21 bits per heavy atom. The maximum Gasteiger partial charge on any atom is 0.274 e. The molecule has 4 bridgehead atoms. The maximum atomic E-state index is 12.6. The molecule has 1 aromatic rings. The summed E-state index contributed by atoms with van der Waals surface area (Å²) in [5.74, 6) is 3.80. The quantitative estimate of drug-likeness (QED) is 0.861. The van der Waals surface area contributed by atoms with Gasteiger partial charge in [-0.2, -0.15) is 5.10 Å². The van der Waals surface area contributed by atoms with E-state index in [0.29, 0.717) is 11.1 Å². The zero-order valence-electron chi connectivity index (χ0n) is 14.0. The van der Waals surface area contributed by atoms with Crippen LogP contribution >= 0.6 is 0 Å². The molecular formula is C19H25N3O2. The Kier molecular flexibility index (Phi) is 3.16. The van der Waals surface area contributed by atoms with Gasteiger partial charge < -0.3 is 4.90 Å². The number of nitrogens with one attached hydrogen (secondary N) is 1. The summed E-state index contributed by atoms with van der Waals surface area (Å²) in [5, 5.41) is 6.27. The number of carbonyl (C=O) groups excluding carboxylic acids is 1. The van der Waals surface area contributed by atoms with E-state index in [0.717, 1.165) is 49.6 Å². The number of H-pyrrole nitrogens is 1. The van der Waals surface area contributed by atoms with E-state index in [-0.39, 0.29) is 11.5 Å². The number of amides is 1. The van der Waals surface area contributed by atoms with Crippen molar-refractivity contribution in [3.8, 4) is 0 Å². The van der Waals surface area contributed by atoms with Crippen LogP contribution in [0.2, 0.25) is 0 Å². The number of hydrogen-bond acceptors (Lipinski definition) is 3. The van der Waals surface area contributed by atoms with Gasteiger partial charge in [0, 0.05) is 19.2 Å². The predicted octanol–water partition coefficient (Wildman–Crippen LogP) is 2.45. The lowest BCUT2D eigenvalue weighted by Crippen LogP contribution is -2.57. The molecule has 4 saturated carbocycles. The van der Waals surface area contributed by atoms with Gasteiger partial charge in [0.1, 0.15) is 5.69 Å². The first-order chi connectivity index (χ1) is 11.6. The third-order valence-corrected chi connectivity index (χ3v) is 7.64. The van der Waals surface area contributed by atoms with Crippen molar-refractivity contribution < 1.29 is 4.79 Å². The van der Waals surface area contributed by atoms with Crippen molar-refractivity contribution in [2.24, 2.45) is 29.1 Å². The van der Waals surface area contributed by atoms with Crippen LogP contribution in [0.15, 0.2) is 16.9 Å². The van der Waals surface area contributed by atoms with E-state index < -0.39 is 0 Å². The highest BCUT2D eigenvalue weighted by atomic mass is 16.2. The van der Waals surface area contributed by atoms with Crippen LogP contribution in [0.25, 0.3) is 0 Å². The molecule has 1 saturated heterocycles. The van der Waals surface area contributed by atoms with Crippen LogP contribution in [0.4, 0.5) is 0 Å². The van der Waals surface area contributed by atoms with Crippen LogP contribution in [0, 0.1) is 29.1 Å². The zero-order valence-corrected chi connectivity index (χ0v) is 14.0. The standard InChI is InChI=1S/C19H25N3O2/c23-17-2-1-16(20-21-17)18(24)22-5-3-19(4-6-22)14-8-12-7-13(10-14)11-15(19)9-12/h1-2,12-15H,3-11H2,(H,21,23). The van der Waals surface area contributed by atoms with Crippen molar-refractivity contribution in [2.75, 3.05) is 13.1 Å². The van der Waals surface area contributed by atoms with E-state index in [1.165, 1.54) is 44.2 Å². The lowest BCUT2D eigenvalue weighted by atomic mass is 9.43. The van der Waals surface area contributed by atoms with E-state index in [9.17, 15) is 9.59 Å². The fraction of sp³-hybridized carbons (Fsp3) is 0.737. The number of hydrogen-bond donors (Lipinski definition) is 1. The largest absolute Gasteiger partial charge is 0.337 e. The number of rotatable bonds is 1. The molecule has 5 fully saturated rings. The summed E-state index contributed by atoms with van der Waals surface area (Å²) in [4.78, 5) is 25.7. The summed E-state index contributed by atoms with van der Waals surface area (Å²) in [6.07, 6.45) is 9.61. The first-order valence-corrected chi connectivity index (χ1v) is 9.49. The van der Waals surface area contributed by atoms with Crippen molar-refractivity contribution >= 4 is 5.91 Å². The normalized spacial score (nSPS) is 36.2. The number of likely N-dealkylation sites (tertiary alicyclic amines) is 1. The van der Waals surface area contributed by atoms with Gasteiger partial charge in [0.2, 0.25) is 0 Å². The van der Waals surface area contributed by atoms with Crippen LogP contribution < -0.4 is 5.56 Å². The first kappa shape index (κ1) is 14.7. The summed E-state index contributed by atoms with van der Waals surface area (Å²) >= 11 is 0. The Bertz CT molecular complexity index is 667. The molecule has 1 spiro atoms. The van der Waals surface area contributed by atoms with E-state index in [1.54, 1.807) is 0 Å². The summed E-state index contributed by atoms with van der Waals surface area (Å²) in [6, 6.07) is 2.91. The smallest absolute Gasteiger partial charge is 0.274 e. The minimum Gasteiger partial charge on any atom is -0.337 e. The molecule has 0 radical (unpaired) electrons. The monoisotopic (exact) mass is 327 g/mol. The van der Waals surface area contributed by atoms with Gasteiger partial charge in [-0.3, -0.25) is 9.59 Å². The molecule has 0 atom stereocenters. The fourth-order valence-corrected chi connectivity index (χ4v) is 6.69. The highest BCUT2D eigenvalue weighted by molar-refractivity contribution is 5.92. The Balaban J connectivity index is 1.31. The second kappa shape index (κ2) is 5.17. The van der Waals surface area contributed by atoms with Crippen molar-refractivity contribution in [3.05, 3.63) is 28.2 Å². The Hall–Kier alpha value is -1.65. The van der Waals surface area contributed by atoms with Gasteiger partial charge in [0.25, 0.3) is 11.5 Å². The summed E-state index contributed by atoms with van der Waals surface area (Å²) in [5.41, 5.74) is 0.608. The molecule has 5 nitrogen and oxygen atoms in total. The van der Waals surface area contributed by atoms with Gasteiger partial charge in [0.15, 0.2) is 0 Å². The minimum atomic E-state index is -0.266. The highest BCUT2D eigenvalue weighted by Gasteiger charge is 2.57. The molecule has 0 aromatic carbocycles. The Morgan fingerprint density at radius 2 is 1.67 bits per heavy atom. The van der Waals surface area contributed by atoms with Crippen LogP contribution in [-0.4, -0.2) is 34.1 Å². The highest BCUT2D eigenvalue weighted by Crippen LogP contribution is 2.65. The SMILES string of the molecule is O=C(c1ccc(=O)[nH]n1)N1CCC2(CC1)C1CC3CC(C1)CC2C3. The first-order valence-electron chi connectivity index (χ1n) is 9.49. The zero-order chi connectivity index (χ0) is 16.3. The second-order valence-electron chi connectivity index (χ2n) is 8.64. The summed E-state index contributed by atoms with van der Waals surface area (Å²) in [6.45, 7) is 1.70. The second-order valence-corrected chi connectivity index (χ2v) is 8.64. The molecule has 0 unspecified atom stereocenters. The third kappa shape index (κ3) is 2.09. The van der Waals surface area contributed by atoms with Crippen LogP contribution in [0.5, 0.6) is 0 Å². The minimum absolute atomic E-state index is 0.0371. The van der Waals surface area contributed by atoms with Crippen molar-refractivity contribution in [1.29, 1.82) is 0 Å². The van der Waals surface area contributed by atoms with Gasteiger partial charge in [0.05, 0.1) is 0 Å². The molecule has 1 aliphatic heterocycles. The molecule has 1 amide bonds. The van der Waals surface area contributed by atoms with E-state index in [1.807, 2.05) is 4.90 Å². The summed E-state index contributed by atoms with van der Waals surface area (Å²) in [7, 11) is 0. The molecule has 1 aromatic heterocycles. The lowest BCUT2D eigenvalue weighted by Gasteiger charge is -2.63. The van der Waals surface area contributed by atoms with E-state index >= 15 is 0 Å². The van der Waals surface area contributed by atoms with Gasteiger partial charge in [-0.25, -0.2) is 5.10 Å². The van der Waals surface area contributed by atoms with E-state index in [2.05, 4.69) is 10.2 Å². The molecule has 6 rings (SSSR count). The third-order valence-electron chi connectivity index (χ3n) is 7.64. The van der Waals surface area contributed by atoms with Crippen molar-refractivity contribution in [2.45, 2.75) is 44.9 Å². The van der Waals surface area contributed by atoms with Crippen molar-refractivity contribution in [1.82, 2.24) is 15.1 Å². The number of nitrogens with zero attached hydrogens (tertiary/aromatic N) is 2. The molecule has 1 N–H and O–H groups in total. The lowest BCUT2D eigenvalue weighted by molar-refractivity contribution is -0.132. The number of piperidine rings is 1. The van der Waals surface area contributed by atoms with Gasteiger partial charge >= 0.3 is 0 Å². The van der Waals surface area contributed by atoms with Crippen LogP contribution in [0.3, 0.4) is 0 Å². The Morgan fingerprint density at radius 1 is 1.04 bits per heavy atom. The molecule has 5 heteroatoms. The number of carbonyl (C=O) groups is 1. The molecule has 24 heavy (non-hydrogen) atoms. The Labute approximate surface area is 141 Å². The van der Waals surface area contributed by atoms with Crippen LogP contribution in [0.1, 0.15) is 55.4 Å². The number of aromatic amines is 1. The molecule has 5 aliphatic rings. The topological polar surface area (TPSA) is 66.1 Å². The number of aromatic nitrogens is 2. The fourth-order valence-electron chi connectivity index (χ4n) is 6.69. The molecule has 128 valence electrons. The predicted molar refractivity (Wildman–Crippen MR) is 89.5 cm³/mol. The average molecular weight is 327 g/mol.